The molecule has 2 aromatic rings. The molecule has 0 unspecified atom stereocenters. The van der Waals surface area contributed by atoms with Gasteiger partial charge in [0, 0.05) is 12.4 Å². The van der Waals surface area contributed by atoms with E-state index in [0.29, 0.717) is 17.3 Å². The summed E-state index contributed by atoms with van der Waals surface area (Å²) in [5.41, 5.74) is 0.506. The molecule has 0 aliphatic rings. The van der Waals surface area contributed by atoms with Gasteiger partial charge in [-0.3, -0.25) is 14.0 Å². The third kappa shape index (κ3) is 2.94. The second kappa shape index (κ2) is 5.29. The van der Waals surface area contributed by atoms with Crippen LogP contribution in [0.15, 0.2) is 12.4 Å². The molecule has 100 valence electrons. The topological polar surface area (TPSA) is 122 Å². The molecule has 19 heavy (non-hydrogen) atoms. The second-order valence-electron chi connectivity index (χ2n) is 3.74. The summed E-state index contributed by atoms with van der Waals surface area (Å²) in [7, 11) is 0. The molecule has 0 bridgehead atoms. The van der Waals surface area contributed by atoms with Crippen molar-refractivity contribution in [1.29, 1.82) is 0 Å². The van der Waals surface area contributed by atoms with Gasteiger partial charge in [0.2, 0.25) is 11.6 Å². The van der Waals surface area contributed by atoms with Gasteiger partial charge < -0.3 is 15.7 Å². The predicted molar refractivity (Wildman–Crippen MR) is 64.7 cm³/mol. The highest BCUT2D eigenvalue weighted by Crippen LogP contribution is 2.11. The molecular formula is C10H12N6O3. The number of amides is 1. The number of carbonyl (C=O) groups excluding carboxylic acids is 1. The molecule has 0 saturated heterocycles. The van der Waals surface area contributed by atoms with Crippen molar-refractivity contribution < 1.29 is 14.7 Å². The Morgan fingerprint density at radius 2 is 2.16 bits per heavy atom. The zero-order valence-electron chi connectivity index (χ0n) is 10.1. The number of hydrogen-bond acceptors (Lipinski definition) is 6. The van der Waals surface area contributed by atoms with Crippen molar-refractivity contribution in [2.24, 2.45) is 0 Å². The zero-order valence-corrected chi connectivity index (χ0v) is 10.1. The maximum atomic E-state index is 11.4. The number of aliphatic carboxylic acids is 1. The average Bonchev–Trinajstić information content (AvgIpc) is 2.76. The highest BCUT2D eigenvalue weighted by Gasteiger charge is 2.09. The van der Waals surface area contributed by atoms with E-state index < -0.39 is 18.4 Å². The molecule has 0 fully saturated rings. The zero-order chi connectivity index (χ0) is 13.8. The minimum Gasteiger partial charge on any atom is -0.480 e. The largest absolute Gasteiger partial charge is 0.480 e. The molecule has 0 aliphatic carbocycles. The predicted octanol–water partition coefficient (Wildman–Crippen LogP) is -0.955. The summed E-state index contributed by atoms with van der Waals surface area (Å²) in [6.45, 7) is 1.29. The molecule has 2 aromatic heterocycles. The first-order chi connectivity index (χ1) is 9.08. The smallest absolute Gasteiger partial charge is 0.322 e. The molecule has 0 atom stereocenters. The summed E-state index contributed by atoms with van der Waals surface area (Å²) in [5, 5.41) is 21.3. The third-order valence-corrected chi connectivity index (χ3v) is 2.35. The van der Waals surface area contributed by atoms with Crippen LogP contribution in [-0.2, 0) is 9.59 Å². The fourth-order valence-electron chi connectivity index (χ4n) is 1.47. The summed E-state index contributed by atoms with van der Waals surface area (Å²) in [5.74, 6) is -0.423. The monoisotopic (exact) mass is 264 g/mol. The fraction of sp³-hybridized carbons (Fsp3) is 0.300. The Hall–Kier alpha value is -2.71. The quantitative estimate of drug-likeness (QED) is 0.636. The van der Waals surface area contributed by atoms with Crippen LogP contribution in [0, 0.1) is 6.92 Å². The standard InChI is InChI=1S/C10H12N6O3/c1-6-14-15-10-9(11-2-3-16(6)10)13-4-7(17)12-5-8(18)19/h2-3H,4-5H2,1H3,(H,11,13)(H,12,17)(H,18,19). The number of aromatic nitrogens is 4. The number of rotatable bonds is 5. The highest BCUT2D eigenvalue weighted by atomic mass is 16.4. The van der Waals surface area contributed by atoms with Gasteiger partial charge in [0.15, 0.2) is 5.82 Å². The first-order valence-corrected chi connectivity index (χ1v) is 5.46. The first-order valence-electron chi connectivity index (χ1n) is 5.46. The maximum absolute atomic E-state index is 11.4. The molecule has 0 saturated carbocycles. The van der Waals surface area contributed by atoms with Crippen LogP contribution in [0.3, 0.4) is 0 Å². The van der Waals surface area contributed by atoms with E-state index in [4.69, 9.17) is 5.11 Å². The van der Waals surface area contributed by atoms with E-state index in [1.807, 2.05) is 0 Å². The van der Waals surface area contributed by atoms with Crippen LogP contribution in [0.5, 0.6) is 0 Å². The lowest BCUT2D eigenvalue weighted by Crippen LogP contribution is -2.34. The summed E-state index contributed by atoms with van der Waals surface area (Å²) in [4.78, 5) is 25.7. The summed E-state index contributed by atoms with van der Waals surface area (Å²) in [6, 6.07) is 0. The number of carbonyl (C=O) groups is 2. The molecule has 0 aromatic carbocycles. The van der Waals surface area contributed by atoms with Crippen molar-refractivity contribution in [2.75, 3.05) is 18.4 Å². The van der Waals surface area contributed by atoms with Gasteiger partial charge in [0.25, 0.3) is 0 Å². The SMILES string of the molecule is Cc1nnc2c(NCC(=O)NCC(=O)O)nccn12. The minimum atomic E-state index is -1.10. The number of carboxylic acid groups (broad SMARTS) is 1. The van der Waals surface area contributed by atoms with Crippen LogP contribution in [0.25, 0.3) is 5.65 Å². The molecule has 9 nitrogen and oxygen atoms in total. The number of anilines is 1. The molecule has 1 amide bonds. The third-order valence-electron chi connectivity index (χ3n) is 2.35. The maximum Gasteiger partial charge on any atom is 0.322 e. The molecular weight excluding hydrogens is 252 g/mol. The molecule has 0 aliphatic heterocycles. The summed E-state index contributed by atoms with van der Waals surface area (Å²) >= 11 is 0. The van der Waals surface area contributed by atoms with E-state index in [2.05, 4.69) is 25.8 Å². The van der Waals surface area contributed by atoms with Gasteiger partial charge in [-0.05, 0) is 6.92 Å². The number of carboxylic acids is 1. The molecule has 2 rings (SSSR count). The van der Waals surface area contributed by atoms with Crippen molar-refractivity contribution in [3.63, 3.8) is 0 Å². The Labute approximate surface area is 107 Å². The van der Waals surface area contributed by atoms with Crippen LogP contribution in [-0.4, -0.2) is 49.7 Å². The number of fused-ring (bicyclic) bond motifs is 1. The first kappa shape index (κ1) is 12.7. The van der Waals surface area contributed by atoms with E-state index in [-0.39, 0.29) is 6.54 Å². The molecule has 0 spiro atoms. The summed E-state index contributed by atoms with van der Waals surface area (Å²) < 4.78 is 1.73. The number of aryl methyl sites for hydroxylation is 1. The van der Waals surface area contributed by atoms with Crippen LogP contribution in [0.2, 0.25) is 0 Å². The van der Waals surface area contributed by atoms with Crippen molar-refractivity contribution in [2.45, 2.75) is 6.92 Å². The van der Waals surface area contributed by atoms with Gasteiger partial charge >= 0.3 is 5.97 Å². The van der Waals surface area contributed by atoms with Gasteiger partial charge in [0.1, 0.15) is 12.4 Å². The van der Waals surface area contributed by atoms with Crippen LogP contribution >= 0.6 is 0 Å². The lowest BCUT2D eigenvalue weighted by molar-refractivity contribution is -0.137. The van der Waals surface area contributed by atoms with E-state index in [0.717, 1.165) is 0 Å². The number of nitrogens with zero attached hydrogens (tertiary/aromatic N) is 4. The molecule has 2 heterocycles. The minimum absolute atomic E-state index is 0.0914. The molecule has 3 N–H and O–H groups in total. The lowest BCUT2D eigenvalue weighted by Gasteiger charge is -2.06. The Morgan fingerprint density at radius 3 is 2.89 bits per heavy atom. The Morgan fingerprint density at radius 1 is 1.37 bits per heavy atom. The number of hydrogen-bond donors (Lipinski definition) is 3. The van der Waals surface area contributed by atoms with Crippen molar-refractivity contribution >= 4 is 23.3 Å². The summed E-state index contributed by atoms with van der Waals surface area (Å²) in [6.07, 6.45) is 3.27. The van der Waals surface area contributed by atoms with Crippen LogP contribution in [0.1, 0.15) is 5.82 Å². The highest BCUT2D eigenvalue weighted by molar-refractivity contribution is 5.84. The van der Waals surface area contributed by atoms with E-state index >= 15 is 0 Å². The van der Waals surface area contributed by atoms with Gasteiger partial charge in [-0.2, -0.15) is 0 Å². The van der Waals surface area contributed by atoms with E-state index in [9.17, 15) is 9.59 Å². The van der Waals surface area contributed by atoms with Gasteiger partial charge in [0.05, 0.1) is 6.54 Å². The van der Waals surface area contributed by atoms with Gasteiger partial charge in [-0.1, -0.05) is 0 Å². The second-order valence-corrected chi connectivity index (χ2v) is 3.74. The van der Waals surface area contributed by atoms with Gasteiger partial charge in [-0.15, -0.1) is 10.2 Å². The number of nitrogens with one attached hydrogen (secondary N) is 2. The van der Waals surface area contributed by atoms with Crippen molar-refractivity contribution in [3.05, 3.63) is 18.2 Å². The lowest BCUT2D eigenvalue weighted by atomic mass is 10.5. The fourth-order valence-corrected chi connectivity index (χ4v) is 1.47. The van der Waals surface area contributed by atoms with Crippen LogP contribution < -0.4 is 10.6 Å². The van der Waals surface area contributed by atoms with E-state index in [1.54, 1.807) is 23.7 Å². The normalized spacial score (nSPS) is 10.4. The van der Waals surface area contributed by atoms with Crippen molar-refractivity contribution in [1.82, 2.24) is 24.9 Å². The van der Waals surface area contributed by atoms with Crippen molar-refractivity contribution in [3.8, 4) is 0 Å². The Bertz CT molecular complexity index is 623. The van der Waals surface area contributed by atoms with Gasteiger partial charge in [-0.25, -0.2) is 4.98 Å². The average molecular weight is 264 g/mol. The van der Waals surface area contributed by atoms with Crippen LogP contribution in [0.4, 0.5) is 5.82 Å². The van der Waals surface area contributed by atoms with E-state index in [1.165, 1.54) is 0 Å². The Kier molecular flexibility index (Phi) is 3.55. The molecule has 9 heteroatoms. The molecule has 0 radical (unpaired) electrons. The Balaban J connectivity index is 2.02.